The first-order chi connectivity index (χ1) is 18.5. The van der Waals surface area contributed by atoms with Gasteiger partial charge in [0.05, 0.1) is 23.3 Å². The molecule has 1 aliphatic carbocycles. The highest BCUT2D eigenvalue weighted by molar-refractivity contribution is 6.34. The summed E-state index contributed by atoms with van der Waals surface area (Å²) in [5, 5.41) is 13.6. The molecule has 2 aliphatic rings. The second-order valence-electron chi connectivity index (χ2n) is 10.5. The number of hydrogen-bond acceptors (Lipinski definition) is 6. The molecular formula is C29H30ClF2N3O4. The van der Waals surface area contributed by atoms with E-state index >= 15 is 8.78 Å². The van der Waals surface area contributed by atoms with Crippen LogP contribution >= 0.6 is 11.6 Å². The summed E-state index contributed by atoms with van der Waals surface area (Å²) in [6.07, 6.45) is 4.23. The lowest BCUT2D eigenvalue weighted by atomic mass is 9.82. The summed E-state index contributed by atoms with van der Waals surface area (Å²) in [5.74, 6) is -2.95. The van der Waals surface area contributed by atoms with Crippen LogP contribution < -0.4 is 20.5 Å². The fourth-order valence-electron chi connectivity index (χ4n) is 5.60. The number of aliphatic hydroxyl groups is 1. The van der Waals surface area contributed by atoms with Gasteiger partial charge in [0.25, 0.3) is 11.8 Å². The molecule has 7 nitrogen and oxygen atoms in total. The van der Waals surface area contributed by atoms with E-state index in [0.29, 0.717) is 24.9 Å². The number of pyridine rings is 1. The molecule has 39 heavy (non-hydrogen) atoms. The summed E-state index contributed by atoms with van der Waals surface area (Å²) in [5.41, 5.74) is 4.61. The van der Waals surface area contributed by atoms with E-state index in [-0.39, 0.29) is 45.8 Å². The third-order valence-electron chi connectivity index (χ3n) is 7.79. The Labute approximate surface area is 230 Å². The number of nitrogens with one attached hydrogen (secondary N) is 1. The molecule has 3 aromatic rings. The molecular weight excluding hydrogens is 528 g/mol. The van der Waals surface area contributed by atoms with Crippen molar-refractivity contribution in [2.45, 2.75) is 56.3 Å². The summed E-state index contributed by atoms with van der Waals surface area (Å²) >= 11 is 6.47. The summed E-state index contributed by atoms with van der Waals surface area (Å²) < 4.78 is 42.5. The van der Waals surface area contributed by atoms with Crippen LogP contribution in [0.5, 0.6) is 11.6 Å². The van der Waals surface area contributed by atoms with Crippen LogP contribution in [-0.2, 0) is 12.0 Å². The summed E-state index contributed by atoms with van der Waals surface area (Å²) in [7, 11) is 1.23. The molecule has 2 aromatic carbocycles. The zero-order valence-electron chi connectivity index (χ0n) is 21.7. The number of nitrogens with two attached hydrogens (primary N) is 1. The van der Waals surface area contributed by atoms with Crippen LogP contribution in [0.15, 0.2) is 42.6 Å². The van der Waals surface area contributed by atoms with Crippen LogP contribution in [0.4, 0.5) is 8.78 Å². The highest BCUT2D eigenvalue weighted by atomic mass is 35.5. The summed E-state index contributed by atoms with van der Waals surface area (Å²) in [6, 6.07) is 10.8. The average molecular weight is 558 g/mol. The molecule has 1 fully saturated rings. The molecule has 0 spiro atoms. The fraction of sp³-hybridized carbons (Fsp3) is 0.379. The van der Waals surface area contributed by atoms with Crippen LogP contribution in [0.3, 0.4) is 0 Å². The number of ether oxygens (including phenoxy) is 2. The number of benzene rings is 2. The molecule has 5 rings (SSSR count). The Balaban J connectivity index is 1.61. The van der Waals surface area contributed by atoms with Crippen LogP contribution in [0.1, 0.15) is 54.1 Å². The molecule has 1 saturated carbocycles. The number of methoxy groups -OCH3 is 1. The Bertz CT molecular complexity index is 1410. The Morgan fingerprint density at radius 3 is 2.59 bits per heavy atom. The SMILES string of the molecule is COc1ncc(C(N)=O)c(-c2c(Cl)c(F)cc3c2C[C@@](CN[C@H]2CC[C@](C)(O)CC2)(c2ccccc2)O3)c1F. The van der Waals surface area contributed by atoms with Crippen molar-refractivity contribution in [3.63, 3.8) is 0 Å². The van der Waals surface area contributed by atoms with Crippen molar-refractivity contribution in [1.29, 1.82) is 0 Å². The van der Waals surface area contributed by atoms with E-state index in [1.54, 1.807) is 0 Å². The maximum absolute atomic E-state index is 15.7. The van der Waals surface area contributed by atoms with Crippen molar-refractivity contribution < 1.29 is 28.2 Å². The van der Waals surface area contributed by atoms with Crippen molar-refractivity contribution in [1.82, 2.24) is 10.3 Å². The minimum Gasteiger partial charge on any atom is -0.480 e. The van der Waals surface area contributed by atoms with E-state index < -0.39 is 28.7 Å². The lowest BCUT2D eigenvalue weighted by Gasteiger charge is -2.36. The first-order valence-electron chi connectivity index (χ1n) is 12.8. The van der Waals surface area contributed by atoms with E-state index in [4.69, 9.17) is 26.8 Å². The van der Waals surface area contributed by atoms with Crippen LogP contribution in [0.2, 0.25) is 5.02 Å². The Morgan fingerprint density at radius 2 is 1.95 bits per heavy atom. The van der Waals surface area contributed by atoms with Crippen LogP contribution in [0.25, 0.3) is 11.1 Å². The van der Waals surface area contributed by atoms with Gasteiger partial charge in [0.1, 0.15) is 11.6 Å². The summed E-state index contributed by atoms with van der Waals surface area (Å²) in [4.78, 5) is 16.1. The van der Waals surface area contributed by atoms with Crippen molar-refractivity contribution in [2.24, 2.45) is 5.73 Å². The molecule has 206 valence electrons. The third kappa shape index (κ3) is 5.06. The molecule has 1 amide bonds. The molecule has 0 bridgehead atoms. The first-order valence-corrected chi connectivity index (χ1v) is 13.2. The third-order valence-corrected chi connectivity index (χ3v) is 8.16. The zero-order valence-corrected chi connectivity index (χ0v) is 22.4. The predicted molar refractivity (Wildman–Crippen MR) is 143 cm³/mol. The maximum Gasteiger partial charge on any atom is 0.251 e. The molecule has 0 radical (unpaired) electrons. The molecule has 0 saturated heterocycles. The van der Waals surface area contributed by atoms with E-state index in [2.05, 4.69) is 10.3 Å². The molecule has 1 atom stereocenters. The molecule has 1 aromatic heterocycles. The second-order valence-corrected chi connectivity index (χ2v) is 10.9. The number of rotatable bonds is 7. The van der Waals surface area contributed by atoms with Gasteiger partial charge in [-0.2, -0.15) is 0 Å². The van der Waals surface area contributed by atoms with Crippen LogP contribution in [-0.4, -0.2) is 41.3 Å². The van der Waals surface area contributed by atoms with Gasteiger partial charge in [-0.15, -0.1) is 0 Å². The van der Waals surface area contributed by atoms with Gasteiger partial charge in [0.2, 0.25) is 0 Å². The van der Waals surface area contributed by atoms with Crippen molar-refractivity contribution in [3.8, 4) is 22.8 Å². The number of halogens is 3. The number of amides is 1. The van der Waals surface area contributed by atoms with Gasteiger partial charge in [0, 0.05) is 48.0 Å². The van der Waals surface area contributed by atoms with Crippen molar-refractivity contribution in [3.05, 3.63) is 75.9 Å². The number of fused-ring (bicyclic) bond motifs is 1. The predicted octanol–water partition coefficient (Wildman–Crippen LogP) is 4.90. The molecule has 2 heterocycles. The van der Waals surface area contributed by atoms with Gasteiger partial charge < -0.3 is 25.6 Å². The van der Waals surface area contributed by atoms with Gasteiger partial charge in [-0.1, -0.05) is 41.9 Å². The minimum absolute atomic E-state index is 0.0230. The van der Waals surface area contributed by atoms with E-state index in [9.17, 15) is 9.90 Å². The van der Waals surface area contributed by atoms with Gasteiger partial charge in [-0.3, -0.25) is 4.79 Å². The number of carbonyl (C=O) groups excluding carboxylic acids is 1. The Morgan fingerprint density at radius 1 is 1.26 bits per heavy atom. The van der Waals surface area contributed by atoms with Gasteiger partial charge in [-0.05, 0) is 38.2 Å². The second kappa shape index (κ2) is 10.4. The molecule has 4 N–H and O–H groups in total. The molecule has 10 heteroatoms. The molecule has 1 aliphatic heterocycles. The first kappa shape index (κ1) is 27.3. The smallest absolute Gasteiger partial charge is 0.251 e. The lowest BCUT2D eigenvalue weighted by molar-refractivity contribution is 0.0104. The average Bonchev–Trinajstić information content (AvgIpc) is 3.28. The number of nitrogens with zero attached hydrogens (tertiary/aromatic N) is 1. The van der Waals surface area contributed by atoms with E-state index in [1.807, 2.05) is 37.3 Å². The Kier molecular flexibility index (Phi) is 7.26. The highest BCUT2D eigenvalue weighted by Gasteiger charge is 2.45. The number of hydrogen-bond donors (Lipinski definition) is 3. The van der Waals surface area contributed by atoms with Crippen molar-refractivity contribution in [2.75, 3.05) is 13.7 Å². The number of primary amides is 1. The Hall–Kier alpha value is -3.27. The van der Waals surface area contributed by atoms with E-state index in [0.717, 1.165) is 24.6 Å². The van der Waals surface area contributed by atoms with E-state index in [1.165, 1.54) is 13.2 Å². The highest BCUT2D eigenvalue weighted by Crippen LogP contribution is 2.50. The lowest BCUT2D eigenvalue weighted by Crippen LogP contribution is -2.48. The van der Waals surface area contributed by atoms with Crippen LogP contribution in [0, 0.1) is 11.6 Å². The summed E-state index contributed by atoms with van der Waals surface area (Å²) in [6.45, 7) is 2.21. The fourth-order valence-corrected chi connectivity index (χ4v) is 5.86. The maximum atomic E-state index is 15.7. The normalized spacial score (nSPS) is 24.2. The standard InChI is InChI=1S/C29H30ClF2N3O4/c1-28(37)10-8-17(9-11-28)35-15-29(16-6-4-3-5-7-16)13-18-21(39-29)12-20(31)24(30)22(18)23-19(26(33)36)14-34-27(38-2)25(23)32/h3-7,12,14,17,35,37H,8-11,13,15H2,1-2H3,(H2,33,36)/t17-,28-,29-/m1/s1. The largest absolute Gasteiger partial charge is 0.480 e. The molecule has 0 unspecified atom stereocenters. The van der Waals surface area contributed by atoms with Gasteiger partial charge in [-0.25, -0.2) is 13.8 Å². The topological polar surface area (TPSA) is 107 Å². The number of aromatic nitrogens is 1. The van der Waals surface area contributed by atoms with Crippen molar-refractivity contribution >= 4 is 17.5 Å². The monoisotopic (exact) mass is 557 g/mol. The quantitative estimate of drug-likeness (QED) is 0.381. The number of carbonyl (C=O) groups is 1. The zero-order chi connectivity index (χ0) is 27.9. The van der Waals surface area contributed by atoms with Gasteiger partial charge in [0.15, 0.2) is 11.4 Å². The van der Waals surface area contributed by atoms with Gasteiger partial charge >= 0.3 is 0 Å². The minimum atomic E-state index is -0.979.